The van der Waals surface area contributed by atoms with Crippen LogP contribution in [0.25, 0.3) is 0 Å². The van der Waals surface area contributed by atoms with Gasteiger partial charge in [0.25, 0.3) is 0 Å². The lowest BCUT2D eigenvalue weighted by Gasteiger charge is -2.27. The van der Waals surface area contributed by atoms with Crippen molar-refractivity contribution < 1.29 is 4.79 Å². The highest BCUT2D eigenvalue weighted by Gasteiger charge is 2.25. The van der Waals surface area contributed by atoms with E-state index in [-0.39, 0.29) is 29.8 Å². The second-order valence-corrected chi connectivity index (χ2v) is 6.13. The van der Waals surface area contributed by atoms with Gasteiger partial charge in [0.05, 0.1) is 6.04 Å². The number of nitrogens with one attached hydrogen (secondary N) is 2. The number of carbonyl (C=O) groups excluding carboxylic acids is 1. The monoisotopic (exact) mass is 262 g/mol. The summed E-state index contributed by atoms with van der Waals surface area (Å²) in [6.45, 7) is 10.6. The van der Waals surface area contributed by atoms with Crippen LogP contribution in [0, 0.1) is 11.3 Å². The van der Waals surface area contributed by atoms with Crippen LogP contribution < -0.4 is 10.6 Å². The molecule has 0 aromatic heterocycles. The molecule has 102 valence electrons. The molecule has 3 nitrogen and oxygen atoms in total. The molecule has 1 amide bonds. The number of hydrogen-bond donors (Lipinski definition) is 2. The van der Waals surface area contributed by atoms with Gasteiger partial charge in [-0.3, -0.25) is 4.79 Å². The molecule has 0 radical (unpaired) electrons. The van der Waals surface area contributed by atoms with E-state index in [0.29, 0.717) is 5.92 Å². The highest BCUT2D eigenvalue weighted by Crippen LogP contribution is 2.24. The first-order chi connectivity index (χ1) is 7.41. The minimum Gasteiger partial charge on any atom is -0.354 e. The highest BCUT2D eigenvalue weighted by atomic mass is 35.5. The standard InChI is InChI=1S/C13H26N2O.ClH/c1-10(2)8-13(3,4)9-15-12(16)11-6-5-7-14-11;/h10-11,14H,5-9H2,1-4H3,(H,15,16);1H. The normalized spacial score (nSPS) is 20.2. The van der Waals surface area contributed by atoms with Crippen molar-refractivity contribution in [2.45, 2.75) is 53.0 Å². The van der Waals surface area contributed by atoms with E-state index in [9.17, 15) is 4.79 Å². The van der Waals surface area contributed by atoms with Crippen LogP contribution in [0.1, 0.15) is 47.0 Å². The summed E-state index contributed by atoms with van der Waals surface area (Å²) < 4.78 is 0. The summed E-state index contributed by atoms with van der Waals surface area (Å²) in [5.74, 6) is 0.853. The molecule has 17 heavy (non-hydrogen) atoms. The molecule has 0 saturated carbocycles. The van der Waals surface area contributed by atoms with Crippen molar-refractivity contribution >= 4 is 18.3 Å². The smallest absolute Gasteiger partial charge is 0.237 e. The molecular weight excluding hydrogens is 236 g/mol. The Labute approximate surface area is 112 Å². The maximum absolute atomic E-state index is 11.8. The lowest BCUT2D eigenvalue weighted by atomic mass is 9.84. The number of hydrogen-bond acceptors (Lipinski definition) is 2. The van der Waals surface area contributed by atoms with Gasteiger partial charge in [0.1, 0.15) is 0 Å². The second kappa shape index (κ2) is 7.22. The summed E-state index contributed by atoms with van der Waals surface area (Å²) in [7, 11) is 0. The number of carbonyl (C=O) groups is 1. The molecule has 0 aromatic rings. The van der Waals surface area contributed by atoms with Gasteiger partial charge in [-0.05, 0) is 37.1 Å². The average molecular weight is 263 g/mol. The predicted molar refractivity (Wildman–Crippen MR) is 74.5 cm³/mol. The van der Waals surface area contributed by atoms with E-state index < -0.39 is 0 Å². The molecule has 4 heteroatoms. The molecule has 1 rings (SSSR count). The fourth-order valence-electron chi connectivity index (χ4n) is 2.54. The van der Waals surface area contributed by atoms with Crippen molar-refractivity contribution in [2.75, 3.05) is 13.1 Å². The Bertz CT molecular complexity index is 236. The summed E-state index contributed by atoms with van der Waals surface area (Å²) in [4.78, 5) is 11.8. The Morgan fingerprint density at radius 1 is 1.47 bits per heavy atom. The largest absolute Gasteiger partial charge is 0.354 e. The molecular formula is C13H27ClN2O. The molecule has 2 N–H and O–H groups in total. The molecule has 1 fully saturated rings. The van der Waals surface area contributed by atoms with E-state index in [0.717, 1.165) is 32.4 Å². The minimum absolute atomic E-state index is 0. The van der Waals surface area contributed by atoms with Crippen molar-refractivity contribution in [2.24, 2.45) is 11.3 Å². The SMILES string of the molecule is CC(C)CC(C)(C)CNC(=O)C1CCCN1.Cl. The third-order valence-corrected chi connectivity index (χ3v) is 3.08. The van der Waals surface area contributed by atoms with E-state index in [1.165, 1.54) is 0 Å². The summed E-state index contributed by atoms with van der Waals surface area (Å²) >= 11 is 0. The summed E-state index contributed by atoms with van der Waals surface area (Å²) in [5, 5.41) is 6.29. The van der Waals surface area contributed by atoms with E-state index in [1.807, 2.05) is 0 Å². The van der Waals surface area contributed by atoms with E-state index in [2.05, 4.69) is 38.3 Å². The van der Waals surface area contributed by atoms with Crippen molar-refractivity contribution in [3.05, 3.63) is 0 Å². The third-order valence-electron chi connectivity index (χ3n) is 3.08. The first-order valence-corrected chi connectivity index (χ1v) is 6.42. The van der Waals surface area contributed by atoms with Gasteiger partial charge >= 0.3 is 0 Å². The maximum atomic E-state index is 11.8. The van der Waals surface area contributed by atoms with Crippen LogP contribution >= 0.6 is 12.4 Å². The zero-order valence-corrected chi connectivity index (χ0v) is 12.3. The Morgan fingerprint density at radius 2 is 2.12 bits per heavy atom. The van der Waals surface area contributed by atoms with E-state index in [1.54, 1.807) is 0 Å². The van der Waals surface area contributed by atoms with Crippen LogP contribution in [0.15, 0.2) is 0 Å². The van der Waals surface area contributed by atoms with Crippen LogP contribution in [-0.2, 0) is 4.79 Å². The molecule has 0 bridgehead atoms. The maximum Gasteiger partial charge on any atom is 0.237 e. The Balaban J connectivity index is 0.00000256. The van der Waals surface area contributed by atoms with Crippen LogP contribution in [0.2, 0.25) is 0 Å². The van der Waals surface area contributed by atoms with Gasteiger partial charge in [-0.2, -0.15) is 0 Å². The average Bonchev–Trinajstić information content (AvgIpc) is 2.64. The number of rotatable bonds is 5. The topological polar surface area (TPSA) is 41.1 Å². The first-order valence-electron chi connectivity index (χ1n) is 6.42. The highest BCUT2D eigenvalue weighted by molar-refractivity contribution is 5.85. The summed E-state index contributed by atoms with van der Waals surface area (Å²) in [5.41, 5.74) is 0.197. The van der Waals surface area contributed by atoms with Crippen molar-refractivity contribution in [1.29, 1.82) is 0 Å². The molecule has 1 atom stereocenters. The number of halogens is 1. The van der Waals surface area contributed by atoms with Gasteiger partial charge in [-0.1, -0.05) is 27.7 Å². The minimum atomic E-state index is 0. The molecule has 1 aliphatic heterocycles. The second-order valence-electron chi connectivity index (χ2n) is 6.13. The molecule has 1 unspecified atom stereocenters. The molecule has 0 aromatic carbocycles. The molecule has 0 spiro atoms. The Hall–Kier alpha value is -0.280. The molecule has 0 aliphatic carbocycles. The molecule has 1 saturated heterocycles. The van der Waals surface area contributed by atoms with Gasteiger partial charge in [0.2, 0.25) is 5.91 Å². The summed E-state index contributed by atoms with van der Waals surface area (Å²) in [6, 6.07) is 0.0508. The quantitative estimate of drug-likeness (QED) is 0.799. The van der Waals surface area contributed by atoms with Gasteiger partial charge in [0, 0.05) is 6.54 Å². The predicted octanol–water partition coefficient (Wildman–Crippen LogP) is 2.35. The molecule has 1 heterocycles. The Morgan fingerprint density at radius 3 is 2.59 bits per heavy atom. The third kappa shape index (κ3) is 6.27. The summed E-state index contributed by atoms with van der Waals surface area (Å²) in [6.07, 6.45) is 3.25. The van der Waals surface area contributed by atoms with Gasteiger partial charge < -0.3 is 10.6 Å². The lowest BCUT2D eigenvalue weighted by Crippen LogP contribution is -2.44. The van der Waals surface area contributed by atoms with Crippen LogP contribution in [0.4, 0.5) is 0 Å². The fraction of sp³-hybridized carbons (Fsp3) is 0.923. The van der Waals surface area contributed by atoms with Gasteiger partial charge in [-0.25, -0.2) is 0 Å². The lowest BCUT2D eigenvalue weighted by molar-refractivity contribution is -0.123. The number of amides is 1. The van der Waals surface area contributed by atoms with Crippen molar-refractivity contribution in [3.8, 4) is 0 Å². The first kappa shape index (κ1) is 16.7. The fourth-order valence-corrected chi connectivity index (χ4v) is 2.54. The van der Waals surface area contributed by atoms with Gasteiger partial charge in [0.15, 0.2) is 0 Å². The zero-order valence-electron chi connectivity index (χ0n) is 11.5. The van der Waals surface area contributed by atoms with Crippen LogP contribution in [-0.4, -0.2) is 25.0 Å². The van der Waals surface area contributed by atoms with Crippen LogP contribution in [0.3, 0.4) is 0 Å². The van der Waals surface area contributed by atoms with Crippen molar-refractivity contribution in [3.63, 3.8) is 0 Å². The Kier molecular flexibility index (Phi) is 7.10. The van der Waals surface area contributed by atoms with Crippen LogP contribution in [0.5, 0.6) is 0 Å². The van der Waals surface area contributed by atoms with Gasteiger partial charge in [-0.15, -0.1) is 12.4 Å². The zero-order chi connectivity index (χ0) is 12.2. The van der Waals surface area contributed by atoms with Crippen molar-refractivity contribution in [1.82, 2.24) is 10.6 Å². The molecule has 1 aliphatic rings. The van der Waals surface area contributed by atoms with E-state index >= 15 is 0 Å². The van der Waals surface area contributed by atoms with E-state index in [4.69, 9.17) is 0 Å².